The molecular weight excluding hydrogens is 545 g/mol. The zero-order valence-electron chi connectivity index (χ0n) is 16.5. The average molecular weight is 563 g/mol. The fraction of sp³-hybridized carbons (Fsp3) is 0.182. The second kappa shape index (κ2) is 9.06. The van der Waals surface area contributed by atoms with Crippen molar-refractivity contribution < 1.29 is 25.2 Å². The highest BCUT2D eigenvalue weighted by atomic mass is 79.9. The first-order valence-electron chi connectivity index (χ1n) is 9.57. The van der Waals surface area contributed by atoms with E-state index in [0.29, 0.717) is 32.4 Å². The molecule has 1 aliphatic rings. The molecule has 0 saturated carbocycles. The zero-order chi connectivity index (χ0) is 23.0. The first-order chi connectivity index (χ1) is 15.1. The summed E-state index contributed by atoms with van der Waals surface area (Å²) in [5.41, 5.74) is -4.52. The Kier molecular flexibility index (Phi) is 6.71. The molecule has 32 heavy (non-hydrogen) atoms. The lowest BCUT2D eigenvalue weighted by molar-refractivity contribution is -0.0496. The molecule has 0 amide bonds. The molecule has 0 aliphatic carbocycles. The van der Waals surface area contributed by atoms with Gasteiger partial charge in [-0.15, -0.1) is 0 Å². The monoisotopic (exact) mass is 562 g/mol. The van der Waals surface area contributed by atoms with Crippen LogP contribution in [0.1, 0.15) is 12.0 Å². The molecule has 0 fully saturated rings. The van der Waals surface area contributed by atoms with Crippen LogP contribution in [-0.4, -0.2) is 19.7 Å². The standard InChI is InChI=1S/C22H18BrF3O3S3/c23-17-10-2-1-8-16(17)9-7-15-31(29-32(27,28)22(24,25)26)20-13-5-3-11-18(20)30-19-12-4-6-14-21(19)31/h1-6,8,10-14H,7,9,15H2. The predicted molar refractivity (Wildman–Crippen MR) is 125 cm³/mol. The maximum Gasteiger partial charge on any atom is 0.523 e. The third-order valence-corrected chi connectivity index (χ3v) is 12.3. The quantitative estimate of drug-likeness (QED) is 0.291. The molecule has 3 aromatic rings. The van der Waals surface area contributed by atoms with E-state index in [1.807, 2.05) is 24.3 Å². The summed E-state index contributed by atoms with van der Waals surface area (Å²) in [6.45, 7) is 0. The lowest BCUT2D eigenvalue weighted by Crippen LogP contribution is -2.29. The van der Waals surface area contributed by atoms with Gasteiger partial charge in [-0.1, -0.05) is 80.5 Å². The molecular formula is C22H18BrF3O3S3. The summed E-state index contributed by atoms with van der Waals surface area (Å²) in [7, 11) is -8.81. The maximum atomic E-state index is 13.4. The minimum absolute atomic E-state index is 0.137. The molecule has 3 nitrogen and oxygen atoms in total. The highest BCUT2D eigenvalue weighted by Gasteiger charge is 2.53. The summed E-state index contributed by atoms with van der Waals surface area (Å²) in [6.07, 6.45) is 1.00. The van der Waals surface area contributed by atoms with Crippen LogP contribution in [-0.2, 0) is 20.2 Å². The van der Waals surface area contributed by atoms with Crippen LogP contribution >= 0.6 is 38.0 Å². The van der Waals surface area contributed by atoms with E-state index >= 15 is 0 Å². The highest BCUT2D eigenvalue weighted by Crippen LogP contribution is 2.72. The number of rotatable bonds is 6. The zero-order valence-corrected chi connectivity index (χ0v) is 20.5. The van der Waals surface area contributed by atoms with Crippen molar-refractivity contribution in [2.45, 2.75) is 37.9 Å². The summed E-state index contributed by atoms with van der Waals surface area (Å²) >= 11 is 4.90. The van der Waals surface area contributed by atoms with Crippen LogP contribution in [0.15, 0.2) is 96.9 Å². The van der Waals surface area contributed by atoms with Gasteiger partial charge in [-0.2, -0.15) is 21.6 Å². The van der Waals surface area contributed by atoms with Gasteiger partial charge in [0, 0.05) is 29.8 Å². The van der Waals surface area contributed by atoms with E-state index in [4.69, 9.17) is 3.63 Å². The van der Waals surface area contributed by atoms with Gasteiger partial charge in [0.15, 0.2) is 0 Å². The van der Waals surface area contributed by atoms with E-state index in [1.54, 1.807) is 48.5 Å². The van der Waals surface area contributed by atoms with Crippen LogP contribution in [0.4, 0.5) is 13.2 Å². The number of aryl methyl sites for hydroxylation is 1. The van der Waals surface area contributed by atoms with E-state index in [2.05, 4.69) is 15.9 Å². The van der Waals surface area contributed by atoms with Gasteiger partial charge in [-0.3, -0.25) is 0 Å². The first-order valence-corrected chi connectivity index (χ1v) is 14.3. The number of halogens is 4. The van der Waals surface area contributed by atoms with Gasteiger partial charge in [-0.25, -0.2) is 3.63 Å². The van der Waals surface area contributed by atoms with Gasteiger partial charge in [0.25, 0.3) is 0 Å². The van der Waals surface area contributed by atoms with Gasteiger partial charge in [0.2, 0.25) is 0 Å². The van der Waals surface area contributed by atoms with Crippen LogP contribution in [0.25, 0.3) is 0 Å². The van der Waals surface area contributed by atoms with E-state index < -0.39 is 25.9 Å². The van der Waals surface area contributed by atoms with Crippen LogP contribution in [0.2, 0.25) is 0 Å². The maximum absolute atomic E-state index is 13.4. The van der Waals surface area contributed by atoms with Gasteiger partial charge in [-0.05, 0) is 48.7 Å². The topological polar surface area (TPSA) is 43.4 Å². The molecule has 0 N–H and O–H groups in total. The number of fused-ring (bicyclic) bond motifs is 2. The summed E-state index contributed by atoms with van der Waals surface area (Å²) in [4.78, 5) is 2.42. The molecule has 0 bridgehead atoms. The molecule has 10 heteroatoms. The number of hydrogen-bond acceptors (Lipinski definition) is 4. The van der Waals surface area contributed by atoms with Crippen LogP contribution in [0, 0.1) is 0 Å². The Balaban J connectivity index is 1.82. The van der Waals surface area contributed by atoms with E-state index in [1.165, 1.54) is 11.8 Å². The Morgan fingerprint density at radius 1 is 0.875 bits per heavy atom. The average Bonchev–Trinajstić information content (AvgIpc) is 2.74. The first kappa shape index (κ1) is 23.7. The molecule has 0 aromatic heterocycles. The molecule has 1 aliphatic heterocycles. The highest BCUT2D eigenvalue weighted by molar-refractivity contribution is 9.10. The van der Waals surface area contributed by atoms with Crippen molar-refractivity contribution >= 4 is 48.1 Å². The van der Waals surface area contributed by atoms with Crippen molar-refractivity contribution in [2.24, 2.45) is 0 Å². The molecule has 0 radical (unpaired) electrons. The van der Waals surface area contributed by atoms with E-state index in [-0.39, 0.29) is 5.75 Å². The van der Waals surface area contributed by atoms with Crippen molar-refractivity contribution in [1.29, 1.82) is 0 Å². The van der Waals surface area contributed by atoms with E-state index in [9.17, 15) is 21.6 Å². The molecule has 0 spiro atoms. The van der Waals surface area contributed by atoms with Gasteiger partial charge >= 0.3 is 15.6 Å². The van der Waals surface area contributed by atoms with Crippen LogP contribution < -0.4 is 0 Å². The minimum Gasteiger partial charge on any atom is -0.204 e. The van der Waals surface area contributed by atoms with Crippen molar-refractivity contribution in [3.8, 4) is 0 Å². The van der Waals surface area contributed by atoms with E-state index in [0.717, 1.165) is 10.0 Å². The smallest absolute Gasteiger partial charge is 0.204 e. The molecule has 0 unspecified atom stereocenters. The Morgan fingerprint density at radius 2 is 1.41 bits per heavy atom. The molecule has 3 aromatic carbocycles. The minimum atomic E-state index is -5.83. The van der Waals surface area contributed by atoms with Gasteiger partial charge < -0.3 is 0 Å². The summed E-state index contributed by atoms with van der Waals surface area (Å²) < 4.78 is 71.1. The van der Waals surface area contributed by atoms with Gasteiger partial charge in [0.1, 0.15) is 0 Å². The number of benzene rings is 3. The summed E-state index contributed by atoms with van der Waals surface area (Å²) in [6, 6.07) is 21.5. The third-order valence-electron chi connectivity index (χ3n) is 4.95. The molecule has 1 heterocycles. The van der Waals surface area contributed by atoms with Crippen LogP contribution in [0.5, 0.6) is 0 Å². The Bertz CT molecular complexity index is 1200. The SMILES string of the molecule is O=S(=O)(OS1(CCCc2ccccc2Br)c2ccccc2Sc2ccccc21)C(F)(F)F. The Labute approximate surface area is 199 Å². The lowest BCUT2D eigenvalue weighted by Gasteiger charge is -2.43. The van der Waals surface area contributed by atoms with Crippen molar-refractivity contribution in [1.82, 2.24) is 0 Å². The molecule has 170 valence electrons. The number of alkyl halides is 3. The second-order valence-electron chi connectivity index (χ2n) is 7.04. The summed E-state index contributed by atoms with van der Waals surface area (Å²) in [5, 5.41) is 0. The second-order valence-corrected chi connectivity index (χ2v) is 13.5. The third kappa shape index (κ3) is 4.48. The predicted octanol–water partition coefficient (Wildman–Crippen LogP) is 7.55. The summed E-state index contributed by atoms with van der Waals surface area (Å²) in [5.74, 6) is 0.137. The van der Waals surface area contributed by atoms with Crippen LogP contribution in [0.3, 0.4) is 0 Å². The molecule has 4 rings (SSSR count). The number of hydrogen-bond donors (Lipinski definition) is 0. The molecule has 0 saturated heterocycles. The lowest BCUT2D eigenvalue weighted by atomic mass is 10.1. The fourth-order valence-corrected chi connectivity index (χ4v) is 10.9. The van der Waals surface area contributed by atoms with Crippen molar-refractivity contribution in [3.05, 3.63) is 82.8 Å². The molecule has 0 atom stereocenters. The van der Waals surface area contributed by atoms with Crippen molar-refractivity contribution in [2.75, 3.05) is 5.75 Å². The largest absolute Gasteiger partial charge is 0.523 e. The fourth-order valence-electron chi connectivity index (χ4n) is 3.54. The van der Waals surface area contributed by atoms with Crippen molar-refractivity contribution in [3.63, 3.8) is 0 Å². The Hall–Kier alpha value is -1.46. The Morgan fingerprint density at radius 3 is 1.97 bits per heavy atom. The van der Waals surface area contributed by atoms with Gasteiger partial charge in [0.05, 0.1) is 0 Å². The normalized spacial score (nSPS) is 16.1.